The molecule has 3 unspecified atom stereocenters. The summed E-state index contributed by atoms with van der Waals surface area (Å²) in [6, 6.07) is 0. The third-order valence-corrected chi connectivity index (χ3v) is 3.87. The predicted octanol–water partition coefficient (Wildman–Crippen LogP) is 2.89. The molecular weight excluding hydrogens is 184 g/mol. The summed E-state index contributed by atoms with van der Waals surface area (Å²) >= 11 is 0. The minimum atomic E-state index is 0.321. The van der Waals surface area contributed by atoms with E-state index in [2.05, 4.69) is 38.3 Å². The second-order valence-corrected chi connectivity index (χ2v) is 5.27. The quantitative estimate of drug-likeness (QED) is 0.662. The van der Waals surface area contributed by atoms with E-state index in [-0.39, 0.29) is 0 Å². The SMILES string of the molecule is CCCCCC(CC)C1(C)CNC(C)N1. The van der Waals surface area contributed by atoms with E-state index in [1.54, 1.807) is 0 Å². The first-order valence-electron chi connectivity index (χ1n) is 6.63. The highest BCUT2D eigenvalue weighted by Gasteiger charge is 2.37. The highest BCUT2D eigenvalue weighted by atomic mass is 15.2. The Morgan fingerprint density at radius 2 is 2.07 bits per heavy atom. The molecule has 2 N–H and O–H groups in total. The number of rotatable bonds is 6. The van der Waals surface area contributed by atoms with Gasteiger partial charge in [-0.1, -0.05) is 39.5 Å². The highest BCUT2D eigenvalue weighted by molar-refractivity contribution is 4.98. The molecule has 0 bridgehead atoms. The molecule has 0 aromatic rings. The Morgan fingerprint density at radius 1 is 1.33 bits per heavy atom. The zero-order valence-corrected chi connectivity index (χ0v) is 10.9. The van der Waals surface area contributed by atoms with Crippen molar-refractivity contribution in [3.8, 4) is 0 Å². The number of hydrogen-bond donors (Lipinski definition) is 2. The Morgan fingerprint density at radius 3 is 2.53 bits per heavy atom. The van der Waals surface area contributed by atoms with Gasteiger partial charge in [-0.3, -0.25) is 5.32 Å². The molecule has 0 amide bonds. The van der Waals surface area contributed by atoms with Gasteiger partial charge in [0.2, 0.25) is 0 Å². The normalized spacial score (nSPS) is 33.2. The summed E-state index contributed by atoms with van der Waals surface area (Å²) in [5, 5.41) is 7.20. The largest absolute Gasteiger partial charge is 0.300 e. The third kappa shape index (κ3) is 3.46. The smallest absolute Gasteiger partial charge is 0.0547 e. The maximum Gasteiger partial charge on any atom is 0.0547 e. The molecule has 0 aromatic carbocycles. The van der Waals surface area contributed by atoms with Crippen LogP contribution in [0, 0.1) is 5.92 Å². The third-order valence-electron chi connectivity index (χ3n) is 3.87. The fourth-order valence-corrected chi connectivity index (χ4v) is 2.84. The molecule has 1 fully saturated rings. The van der Waals surface area contributed by atoms with E-state index < -0.39 is 0 Å². The van der Waals surface area contributed by atoms with Gasteiger partial charge >= 0.3 is 0 Å². The summed E-state index contributed by atoms with van der Waals surface area (Å²) < 4.78 is 0. The van der Waals surface area contributed by atoms with Gasteiger partial charge in [0.05, 0.1) is 6.17 Å². The lowest BCUT2D eigenvalue weighted by Crippen LogP contribution is -2.47. The minimum absolute atomic E-state index is 0.321. The molecule has 1 aliphatic heterocycles. The van der Waals surface area contributed by atoms with Crippen LogP contribution in [0.1, 0.15) is 59.8 Å². The second kappa shape index (κ2) is 5.86. The van der Waals surface area contributed by atoms with Gasteiger partial charge in [-0.25, -0.2) is 0 Å². The van der Waals surface area contributed by atoms with E-state index in [1.165, 1.54) is 32.1 Å². The molecule has 0 aliphatic carbocycles. The van der Waals surface area contributed by atoms with Crippen molar-refractivity contribution in [3.63, 3.8) is 0 Å². The van der Waals surface area contributed by atoms with Crippen molar-refractivity contribution in [3.05, 3.63) is 0 Å². The Hall–Kier alpha value is -0.0800. The van der Waals surface area contributed by atoms with E-state index in [1.807, 2.05) is 0 Å². The van der Waals surface area contributed by atoms with Gasteiger partial charge in [0.25, 0.3) is 0 Å². The summed E-state index contributed by atoms with van der Waals surface area (Å²) in [4.78, 5) is 0. The zero-order chi connectivity index (χ0) is 11.3. The summed E-state index contributed by atoms with van der Waals surface area (Å²) in [6.07, 6.45) is 7.25. The van der Waals surface area contributed by atoms with Gasteiger partial charge in [-0.2, -0.15) is 0 Å². The van der Waals surface area contributed by atoms with Gasteiger partial charge in [0.1, 0.15) is 0 Å². The molecule has 1 heterocycles. The highest BCUT2D eigenvalue weighted by Crippen LogP contribution is 2.28. The average molecular weight is 212 g/mol. The Labute approximate surface area is 95.2 Å². The molecular formula is C13H28N2. The fraction of sp³-hybridized carbons (Fsp3) is 1.00. The van der Waals surface area contributed by atoms with Crippen LogP contribution in [0.5, 0.6) is 0 Å². The number of unbranched alkanes of at least 4 members (excludes halogenated alkanes) is 2. The van der Waals surface area contributed by atoms with Crippen LogP contribution in [0.4, 0.5) is 0 Å². The van der Waals surface area contributed by atoms with Crippen molar-refractivity contribution >= 4 is 0 Å². The average Bonchev–Trinajstić information content (AvgIpc) is 2.54. The minimum Gasteiger partial charge on any atom is -0.300 e. The van der Waals surface area contributed by atoms with Crippen molar-refractivity contribution in [2.75, 3.05) is 6.54 Å². The summed E-state index contributed by atoms with van der Waals surface area (Å²) in [6.45, 7) is 10.3. The number of nitrogens with one attached hydrogen (secondary N) is 2. The fourth-order valence-electron chi connectivity index (χ4n) is 2.84. The molecule has 1 aliphatic rings. The van der Waals surface area contributed by atoms with E-state index in [0.29, 0.717) is 11.7 Å². The van der Waals surface area contributed by atoms with Crippen LogP contribution >= 0.6 is 0 Å². The van der Waals surface area contributed by atoms with Crippen LogP contribution in [-0.4, -0.2) is 18.2 Å². The molecule has 1 rings (SSSR count). The van der Waals surface area contributed by atoms with Crippen LogP contribution in [-0.2, 0) is 0 Å². The topological polar surface area (TPSA) is 24.1 Å². The maximum absolute atomic E-state index is 3.70. The molecule has 90 valence electrons. The summed E-state index contributed by atoms with van der Waals surface area (Å²) in [7, 11) is 0. The second-order valence-electron chi connectivity index (χ2n) is 5.27. The molecule has 15 heavy (non-hydrogen) atoms. The van der Waals surface area contributed by atoms with E-state index >= 15 is 0 Å². The zero-order valence-electron chi connectivity index (χ0n) is 10.9. The maximum atomic E-state index is 3.70. The number of hydrogen-bond acceptors (Lipinski definition) is 2. The summed E-state index contributed by atoms with van der Waals surface area (Å²) in [5.41, 5.74) is 0.321. The van der Waals surface area contributed by atoms with Gasteiger partial charge < -0.3 is 5.32 Å². The standard InChI is InChI=1S/C13H28N2/c1-5-7-8-9-12(6-2)13(4)10-14-11(3)15-13/h11-12,14-15H,5-10H2,1-4H3. The first-order valence-corrected chi connectivity index (χ1v) is 6.63. The molecule has 2 heteroatoms. The lowest BCUT2D eigenvalue weighted by atomic mass is 9.81. The Kier molecular flexibility index (Phi) is 5.07. The summed E-state index contributed by atoms with van der Waals surface area (Å²) in [5.74, 6) is 0.821. The van der Waals surface area contributed by atoms with Crippen LogP contribution in [0.3, 0.4) is 0 Å². The predicted molar refractivity (Wildman–Crippen MR) is 66.9 cm³/mol. The first-order chi connectivity index (χ1) is 7.12. The molecule has 2 nitrogen and oxygen atoms in total. The van der Waals surface area contributed by atoms with Crippen molar-refractivity contribution in [2.24, 2.45) is 5.92 Å². The molecule has 1 saturated heterocycles. The van der Waals surface area contributed by atoms with Crippen molar-refractivity contribution in [1.29, 1.82) is 0 Å². The van der Waals surface area contributed by atoms with Crippen LogP contribution < -0.4 is 10.6 Å². The molecule has 0 radical (unpaired) electrons. The van der Waals surface area contributed by atoms with E-state index in [0.717, 1.165) is 12.5 Å². The molecule has 0 aromatic heterocycles. The monoisotopic (exact) mass is 212 g/mol. The van der Waals surface area contributed by atoms with Crippen LogP contribution in [0.25, 0.3) is 0 Å². The van der Waals surface area contributed by atoms with Crippen molar-refractivity contribution in [1.82, 2.24) is 10.6 Å². The molecule has 3 atom stereocenters. The first kappa shape index (κ1) is 13.0. The Bertz CT molecular complexity index is 181. The van der Waals surface area contributed by atoms with Gasteiger partial charge in [0, 0.05) is 12.1 Å². The van der Waals surface area contributed by atoms with Crippen molar-refractivity contribution in [2.45, 2.75) is 71.5 Å². The Balaban J connectivity index is 2.42. The van der Waals surface area contributed by atoms with E-state index in [9.17, 15) is 0 Å². The van der Waals surface area contributed by atoms with Crippen molar-refractivity contribution < 1.29 is 0 Å². The van der Waals surface area contributed by atoms with Gasteiger partial charge in [-0.15, -0.1) is 0 Å². The van der Waals surface area contributed by atoms with E-state index in [4.69, 9.17) is 0 Å². The van der Waals surface area contributed by atoms with Gasteiger partial charge in [0.15, 0.2) is 0 Å². The van der Waals surface area contributed by atoms with Crippen LogP contribution in [0.15, 0.2) is 0 Å². The lowest BCUT2D eigenvalue weighted by molar-refractivity contribution is 0.241. The lowest BCUT2D eigenvalue weighted by Gasteiger charge is -2.34. The molecule has 0 spiro atoms. The van der Waals surface area contributed by atoms with Gasteiger partial charge in [-0.05, 0) is 26.2 Å². The van der Waals surface area contributed by atoms with Crippen LogP contribution in [0.2, 0.25) is 0 Å². The molecule has 0 saturated carbocycles.